The molecule has 0 radical (unpaired) electrons. The molecule has 0 saturated carbocycles. The molecule has 0 saturated heterocycles. The average molecular weight is 547 g/mol. The number of rotatable bonds is 2. The number of nitrogens with zero attached hydrogens (tertiary/aromatic N) is 2. The van der Waals surface area contributed by atoms with E-state index in [9.17, 15) is 0 Å². The fraction of sp³-hybridized carbons (Fsp3) is 0. The number of hydrogen-bond acceptors (Lipinski definition) is 1. The summed E-state index contributed by atoms with van der Waals surface area (Å²) in [5.41, 5.74) is 15.7. The van der Waals surface area contributed by atoms with Crippen LogP contribution in [0.3, 0.4) is 0 Å². The van der Waals surface area contributed by atoms with Crippen LogP contribution in [0.4, 0.5) is 0 Å². The van der Waals surface area contributed by atoms with Gasteiger partial charge in [-0.25, -0.2) is 4.98 Å². The standard InChI is InChI=1S/C41H26N2/c1-2-14-31-30(13-1)32-15-3-4-17-34(32)36-23-22-28(26-39(36)35-18-6-5-16-33(31)35)27-11-9-12-29(25-27)43-40-21-8-7-19-37(40)38-20-10-24-42-41(38)43/h1-26H. The van der Waals surface area contributed by atoms with Crippen molar-refractivity contribution in [2.45, 2.75) is 0 Å². The summed E-state index contributed by atoms with van der Waals surface area (Å²) >= 11 is 0. The lowest BCUT2D eigenvalue weighted by molar-refractivity contribution is 1.14. The van der Waals surface area contributed by atoms with Crippen LogP contribution in [0.25, 0.3) is 83.3 Å². The first-order valence-corrected chi connectivity index (χ1v) is 14.7. The summed E-state index contributed by atoms with van der Waals surface area (Å²) in [5, 5.41) is 2.38. The Hall–Kier alpha value is -5.73. The van der Waals surface area contributed by atoms with Gasteiger partial charge in [0.1, 0.15) is 5.65 Å². The van der Waals surface area contributed by atoms with Crippen molar-refractivity contribution in [3.8, 4) is 61.3 Å². The number of fused-ring (bicyclic) bond motifs is 11. The maximum absolute atomic E-state index is 4.80. The van der Waals surface area contributed by atoms with E-state index >= 15 is 0 Å². The zero-order valence-corrected chi connectivity index (χ0v) is 23.4. The molecule has 0 atom stereocenters. The molecule has 0 N–H and O–H groups in total. The first kappa shape index (κ1) is 23.9. The Morgan fingerprint density at radius 3 is 1.58 bits per heavy atom. The maximum atomic E-state index is 4.80. The topological polar surface area (TPSA) is 17.8 Å². The van der Waals surface area contributed by atoms with Gasteiger partial charge in [0.15, 0.2) is 0 Å². The summed E-state index contributed by atoms with van der Waals surface area (Å²) < 4.78 is 2.28. The molecule has 1 aliphatic carbocycles. The molecule has 2 heteroatoms. The molecule has 1 aliphatic rings. The Kier molecular flexibility index (Phi) is 5.23. The van der Waals surface area contributed by atoms with Crippen molar-refractivity contribution in [3.63, 3.8) is 0 Å². The average Bonchev–Trinajstić information content (AvgIpc) is 3.42. The summed E-state index contributed by atoms with van der Waals surface area (Å²) in [7, 11) is 0. The lowest BCUT2D eigenvalue weighted by Gasteiger charge is -2.23. The van der Waals surface area contributed by atoms with E-state index in [1.807, 2.05) is 12.3 Å². The number of hydrogen-bond donors (Lipinski definition) is 0. The Labute approximate surface area is 250 Å². The van der Waals surface area contributed by atoms with Gasteiger partial charge in [0.05, 0.1) is 5.52 Å². The third kappa shape index (κ3) is 3.63. The lowest BCUT2D eigenvalue weighted by Crippen LogP contribution is -1.98. The Morgan fingerprint density at radius 1 is 0.372 bits per heavy atom. The van der Waals surface area contributed by atoms with Crippen molar-refractivity contribution in [1.82, 2.24) is 9.55 Å². The molecule has 0 unspecified atom stereocenters. The van der Waals surface area contributed by atoms with Gasteiger partial charge in [0.25, 0.3) is 0 Å². The molecule has 0 bridgehead atoms. The lowest BCUT2D eigenvalue weighted by atomic mass is 9.80. The second-order valence-electron chi connectivity index (χ2n) is 11.2. The van der Waals surface area contributed by atoms with Gasteiger partial charge in [-0.1, -0.05) is 115 Å². The van der Waals surface area contributed by atoms with E-state index < -0.39 is 0 Å². The third-order valence-electron chi connectivity index (χ3n) is 8.83. The van der Waals surface area contributed by atoms with Crippen LogP contribution in [0.2, 0.25) is 0 Å². The first-order chi connectivity index (χ1) is 21.3. The van der Waals surface area contributed by atoms with Gasteiger partial charge in [-0.2, -0.15) is 0 Å². The van der Waals surface area contributed by atoms with E-state index in [4.69, 9.17) is 4.98 Å². The van der Waals surface area contributed by atoms with Crippen LogP contribution in [0.15, 0.2) is 158 Å². The molecule has 0 amide bonds. The molecular weight excluding hydrogens is 520 g/mol. The van der Waals surface area contributed by atoms with Crippen LogP contribution in [0.5, 0.6) is 0 Å². The van der Waals surface area contributed by atoms with Crippen LogP contribution < -0.4 is 0 Å². The minimum Gasteiger partial charge on any atom is -0.294 e. The molecule has 43 heavy (non-hydrogen) atoms. The molecule has 2 nitrogen and oxygen atoms in total. The Balaban J connectivity index is 1.27. The molecule has 6 aromatic carbocycles. The minimum atomic E-state index is 0.975. The van der Waals surface area contributed by atoms with Crippen LogP contribution in [-0.4, -0.2) is 9.55 Å². The summed E-state index contributed by atoms with van der Waals surface area (Å²) in [4.78, 5) is 4.80. The molecule has 2 heterocycles. The first-order valence-electron chi connectivity index (χ1n) is 14.7. The second kappa shape index (κ2) is 9.40. The smallest absolute Gasteiger partial charge is 0.145 e. The van der Waals surface area contributed by atoms with Gasteiger partial charge in [-0.15, -0.1) is 0 Å². The highest BCUT2D eigenvalue weighted by Crippen LogP contribution is 2.48. The van der Waals surface area contributed by atoms with Crippen molar-refractivity contribution >= 4 is 21.9 Å². The van der Waals surface area contributed by atoms with Crippen molar-refractivity contribution in [2.75, 3.05) is 0 Å². The van der Waals surface area contributed by atoms with Crippen molar-refractivity contribution in [1.29, 1.82) is 0 Å². The number of pyridine rings is 1. The monoisotopic (exact) mass is 546 g/mol. The van der Waals surface area contributed by atoms with Crippen molar-refractivity contribution in [2.24, 2.45) is 0 Å². The van der Waals surface area contributed by atoms with Gasteiger partial charge < -0.3 is 0 Å². The number of para-hydroxylation sites is 1. The molecule has 2 aromatic heterocycles. The summed E-state index contributed by atoms with van der Waals surface area (Å²) in [6.45, 7) is 0. The Morgan fingerprint density at radius 2 is 0.907 bits per heavy atom. The molecular formula is C41H26N2. The highest BCUT2D eigenvalue weighted by molar-refractivity contribution is 6.08. The quantitative estimate of drug-likeness (QED) is 0.211. The van der Waals surface area contributed by atoms with E-state index in [1.54, 1.807) is 0 Å². The second-order valence-corrected chi connectivity index (χ2v) is 11.2. The molecule has 8 aromatic rings. The van der Waals surface area contributed by atoms with E-state index in [2.05, 4.69) is 150 Å². The maximum Gasteiger partial charge on any atom is 0.145 e. The predicted octanol–water partition coefficient (Wildman–Crippen LogP) is 10.8. The Bertz CT molecular complexity index is 2300. The van der Waals surface area contributed by atoms with Gasteiger partial charge in [-0.3, -0.25) is 4.57 Å². The zero-order valence-electron chi connectivity index (χ0n) is 23.4. The van der Waals surface area contributed by atoms with Crippen LogP contribution >= 0.6 is 0 Å². The summed E-state index contributed by atoms with van der Waals surface area (Å²) in [5.74, 6) is 0. The molecule has 9 rings (SSSR count). The molecule has 0 spiro atoms. The summed E-state index contributed by atoms with van der Waals surface area (Å²) in [6.07, 6.45) is 1.88. The third-order valence-corrected chi connectivity index (χ3v) is 8.83. The number of benzene rings is 6. The molecule has 0 aliphatic heterocycles. The van der Waals surface area contributed by atoms with E-state index in [-0.39, 0.29) is 0 Å². The zero-order chi connectivity index (χ0) is 28.3. The normalized spacial score (nSPS) is 11.7. The largest absolute Gasteiger partial charge is 0.294 e. The van der Waals surface area contributed by atoms with Crippen LogP contribution in [0.1, 0.15) is 0 Å². The molecule has 200 valence electrons. The fourth-order valence-electron chi connectivity index (χ4n) is 6.92. The van der Waals surface area contributed by atoms with Crippen molar-refractivity contribution in [3.05, 3.63) is 158 Å². The summed E-state index contributed by atoms with van der Waals surface area (Å²) in [6, 6.07) is 55.0. The van der Waals surface area contributed by atoms with E-state index in [0.29, 0.717) is 0 Å². The minimum absolute atomic E-state index is 0.975. The highest BCUT2D eigenvalue weighted by Gasteiger charge is 2.22. The van der Waals surface area contributed by atoms with E-state index in [1.165, 1.54) is 66.4 Å². The molecule has 0 fully saturated rings. The highest BCUT2D eigenvalue weighted by atomic mass is 15.0. The SMILES string of the molecule is c1cc(-c2ccc3c(c2)-c2ccccc2-c2ccccc2-c2ccccc2-3)cc(-n2c3ccccc3c3cccnc32)c1. The van der Waals surface area contributed by atoms with E-state index in [0.717, 1.165) is 16.9 Å². The van der Waals surface area contributed by atoms with Crippen molar-refractivity contribution < 1.29 is 0 Å². The van der Waals surface area contributed by atoms with Gasteiger partial charge in [-0.05, 0) is 92.0 Å². The number of aromatic nitrogens is 2. The van der Waals surface area contributed by atoms with Crippen LogP contribution in [0, 0.1) is 0 Å². The van der Waals surface area contributed by atoms with Gasteiger partial charge in [0, 0.05) is 22.7 Å². The van der Waals surface area contributed by atoms with Crippen LogP contribution in [-0.2, 0) is 0 Å². The van der Waals surface area contributed by atoms with Gasteiger partial charge in [0.2, 0.25) is 0 Å². The fourth-order valence-corrected chi connectivity index (χ4v) is 6.92. The predicted molar refractivity (Wildman–Crippen MR) is 179 cm³/mol. The van der Waals surface area contributed by atoms with Gasteiger partial charge >= 0.3 is 0 Å².